The van der Waals surface area contributed by atoms with E-state index in [1.54, 1.807) is 27.7 Å². The monoisotopic (exact) mass is 253 g/mol. The maximum absolute atomic E-state index is 11.2. The van der Waals surface area contributed by atoms with Crippen LogP contribution in [0.4, 0.5) is 16.3 Å². The molecule has 0 saturated heterocycles. The lowest BCUT2D eigenvalue weighted by Crippen LogP contribution is -2.45. The van der Waals surface area contributed by atoms with Crippen LogP contribution in [0, 0.1) is 17.0 Å². The van der Waals surface area contributed by atoms with Gasteiger partial charge in [-0.3, -0.25) is 15.0 Å². The minimum Gasteiger partial charge on any atom is -0.465 e. The lowest BCUT2D eigenvalue weighted by Gasteiger charge is -2.32. The van der Waals surface area contributed by atoms with Crippen molar-refractivity contribution in [3.05, 3.63) is 27.9 Å². The minimum absolute atomic E-state index is 0.127. The molecule has 0 unspecified atom stereocenters. The van der Waals surface area contributed by atoms with Crippen molar-refractivity contribution < 1.29 is 14.8 Å². The largest absolute Gasteiger partial charge is 0.465 e. The summed E-state index contributed by atoms with van der Waals surface area (Å²) >= 11 is 0. The van der Waals surface area contributed by atoms with E-state index in [9.17, 15) is 20.0 Å². The van der Waals surface area contributed by atoms with Crippen LogP contribution in [0.1, 0.15) is 26.3 Å². The molecule has 0 atom stereocenters. The number of aryl methyl sites for hydroxylation is 1. The third-order valence-electron chi connectivity index (χ3n) is 2.36. The van der Waals surface area contributed by atoms with Gasteiger partial charge in [-0.1, -0.05) is 0 Å². The normalized spacial score (nSPS) is 11.1. The van der Waals surface area contributed by atoms with Gasteiger partial charge in [0.25, 0.3) is 5.69 Å². The Balaban J connectivity index is 3.28. The first-order chi connectivity index (χ1) is 8.14. The molecule has 1 N–H and O–H groups in total. The van der Waals surface area contributed by atoms with Crippen molar-refractivity contribution in [2.24, 2.45) is 0 Å². The number of aromatic nitrogens is 1. The van der Waals surface area contributed by atoms with Crippen molar-refractivity contribution in [2.45, 2.75) is 33.2 Å². The van der Waals surface area contributed by atoms with E-state index >= 15 is 0 Å². The van der Waals surface area contributed by atoms with Crippen LogP contribution < -0.4 is 4.90 Å². The van der Waals surface area contributed by atoms with E-state index < -0.39 is 16.6 Å². The highest BCUT2D eigenvalue weighted by Gasteiger charge is 2.29. The summed E-state index contributed by atoms with van der Waals surface area (Å²) in [6, 6.07) is 1.40. The number of hydrogen-bond donors (Lipinski definition) is 1. The van der Waals surface area contributed by atoms with Gasteiger partial charge in [-0.2, -0.15) is 0 Å². The molecule has 98 valence electrons. The number of amides is 1. The van der Waals surface area contributed by atoms with E-state index in [1.165, 1.54) is 6.07 Å². The van der Waals surface area contributed by atoms with Crippen molar-refractivity contribution in [3.63, 3.8) is 0 Å². The highest BCUT2D eigenvalue weighted by Crippen LogP contribution is 2.26. The average Bonchev–Trinajstić information content (AvgIpc) is 2.13. The summed E-state index contributed by atoms with van der Waals surface area (Å²) in [6.07, 6.45) is -0.0740. The van der Waals surface area contributed by atoms with E-state index in [0.717, 1.165) is 11.1 Å². The third-order valence-corrected chi connectivity index (χ3v) is 2.36. The van der Waals surface area contributed by atoms with Gasteiger partial charge in [-0.15, -0.1) is 0 Å². The molecular weight excluding hydrogens is 238 g/mol. The van der Waals surface area contributed by atoms with E-state index in [0.29, 0.717) is 5.56 Å². The molecule has 0 saturated carbocycles. The summed E-state index contributed by atoms with van der Waals surface area (Å²) < 4.78 is 0. The predicted octanol–water partition coefficient (Wildman–Crippen LogP) is 2.58. The molecule has 0 aromatic carbocycles. The van der Waals surface area contributed by atoms with Gasteiger partial charge in [0, 0.05) is 11.1 Å². The van der Waals surface area contributed by atoms with Crippen LogP contribution in [0.3, 0.4) is 0 Å². The zero-order chi connectivity index (χ0) is 14.1. The molecule has 0 aliphatic carbocycles. The Morgan fingerprint density at radius 3 is 2.39 bits per heavy atom. The lowest BCUT2D eigenvalue weighted by molar-refractivity contribution is -0.385. The first kappa shape index (κ1) is 13.9. The molecule has 1 heterocycles. The molecule has 7 heteroatoms. The fraction of sp³-hybridized carbons (Fsp3) is 0.455. The van der Waals surface area contributed by atoms with E-state index in [1.807, 2.05) is 0 Å². The van der Waals surface area contributed by atoms with Crippen molar-refractivity contribution in [2.75, 3.05) is 4.90 Å². The van der Waals surface area contributed by atoms with Gasteiger partial charge in [-0.25, -0.2) is 9.78 Å². The molecule has 18 heavy (non-hydrogen) atoms. The number of pyridine rings is 1. The van der Waals surface area contributed by atoms with E-state index in [-0.39, 0.29) is 11.5 Å². The third kappa shape index (κ3) is 2.73. The second kappa shape index (κ2) is 4.59. The Hall–Kier alpha value is -2.18. The van der Waals surface area contributed by atoms with Gasteiger partial charge in [0.15, 0.2) is 0 Å². The number of anilines is 1. The first-order valence-corrected chi connectivity index (χ1v) is 5.29. The van der Waals surface area contributed by atoms with Crippen molar-refractivity contribution >= 4 is 17.6 Å². The number of hydrogen-bond acceptors (Lipinski definition) is 4. The van der Waals surface area contributed by atoms with Crippen LogP contribution in [-0.4, -0.2) is 26.6 Å². The predicted molar refractivity (Wildman–Crippen MR) is 65.9 cm³/mol. The number of nitrogens with zero attached hydrogens (tertiary/aromatic N) is 3. The summed E-state index contributed by atoms with van der Waals surface area (Å²) in [4.78, 5) is 26.3. The summed E-state index contributed by atoms with van der Waals surface area (Å²) in [6.45, 7) is 6.71. The molecule has 0 aliphatic heterocycles. The zero-order valence-corrected chi connectivity index (χ0v) is 10.7. The topological polar surface area (TPSA) is 96.6 Å². The van der Waals surface area contributed by atoms with Gasteiger partial charge in [0.2, 0.25) is 0 Å². The van der Waals surface area contributed by atoms with Crippen LogP contribution in [0.2, 0.25) is 0 Å². The van der Waals surface area contributed by atoms with Gasteiger partial charge < -0.3 is 5.11 Å². The van der Waals surface area contributed by atoms with Crippen LogP contribution in [0.25, 0.3) is 0 Å². The van der Waals surface area contributed by atoms with Crippen molar-refractivity contribution in [1.82, 2.24) is 4.98 Å². The zero-order valence-electron chi connectivity index (χ0n) is 10.7. The second-order valence-electron chi connectivity index (χ2n) is 4.87. The Morgan fingerprint density at radius 1 is 1.50 bits per heavy atom. The maximum atomic E-state index is 11.2. The molecule has 1 amide bonds. The molecule has 1 aromatic rings. The Bertz CT molecular complexity index is 494. The highest BCUT2D eigenvalue weighted by molar-refractivity contribution is 5.86. The standard InChI is InChI=1S/C11H15N3O4/c1-7-5-9(12-6-8(7)14(17)18)13(10(15)16)11(2,3)4/h5-6H,1-4H3,(H,15,16). The first-order valence-electron chi connectivity index (χ1n) is 5.29. The summed E-state index contributed by atoms with van der Waals surface area (Å²) in [7, 11) is 0. The van der Waals surface area contributed by atoms with Crippen LogP contribution in [0.15, 0.2) is 12.3 Å². The number of rotatable bonds is 2. The average molecular weight is 253 g/mol. The van der Waals surface area contributed by atoms with Crippen molar-refractivity contribution in [3.8, 4) is 0 Å². The Labute approximate surface area is 104 Å². The molecule has 0 aliphatic rings. The number of carbonyl (C=O) groups is 1. The van der Waals surface area contributed by atoms with Gasteiger partial charge >= 0.3 is 6.09 Å². The lowest BCUT2D eigenvalue weighted by atomic mass is 10.1. The fourth-order valence-corrected chi connectivity index (χ4v) is 1.58. The summed E-state index contributed by atoms with van der Waals surface area (Å²) in [5.74, 6) is 0.179. The highest BCUT2D eigenvalue weighted by atomic mass is 16.6. The Kier molecular flexibility index (Phi) is 3.54. The maximum Gasteiger partial charge on any atom is 0.413 e. The fourth-order valence-electron chi connectivity index (χ4n) is 1.58. The van der Waals surface area contributed by atoms with E-state index in [4.69, 9.17) is 0 Å². The van der Waals surface area contributed by atoms with Crippen LogP contribution >= 0.6 is 0 Å². The van der Waals surface area contributed by atoms with Crippen LogP contribution in [0.5, 0.6) is 0 Å². The molecular formula is C11H15N3O4. The van der Waals surface area contributed by atoms with Gasteiger partial charge in [0.1, 0.15) is 12.0 Å². The minimum atomic E-state index is -1.15. The smallest absolute Gasteiger partial charge is 0.413 e. The second-order valence-corrected chi connectivity index (χ2v) is 4.87. The van der Waals surface area contributed by atoms with Gasteiger partial charge in [-0.05, 0) is 33.8 Å². The summed E-state index contributed by atoms with van der Waals surface area (Å²) in [5, 5.41) is 19.9. The van der Waals surface area contributed by atoms with Crippen LogP contribution in [-0.2, 0) is 0 Å². The van der Waals surface area contributed by atoms with E-state index in [2.05, 4.69) is 4.98 Å². The summed E-state index contributed by atoms with van der Waals surface area (Å²) in [5.41, 5.74) is -0.431. The quantitative estimate of drug-likeness (QED) is 0.645. The van der Waals surface area contributed by atoms with Gasteiger partial charge in [0.05, 0.1) is 4.92 Å². The molecule has 7 nitrogen and oxygen atoms in total. The molecule has 1 rings (SSSR count). The SMILES string of the molecule is Cc1cc(N(C(=O)O)C(C)(C)C)ncc1[N+](=O)[O-]. The number of nitro groups is 1. The van der Waals surface area contributed by atoms with Crippen molar-refractivity contribution in [1.29, 1.82) is 0 Å². The molecule has 0 spiro atoms. The molecule has 0 radical (unpaired) electrons. The molecule has 1 aromatic heterocycles. The molecule has 0 fully saturated rings. The Morgan fingerprint density at radius 2 is 2.06 bits per heavy atom. The molecule has 0 bridgehead atoms. The number of carboxylic acid groups (broad SMARTS) is 1.